The quantitative estimate of drug-likeness (QED) is 0.610. The number of rotatable bonds is 2. The third kappa shape index (κ3) is 3.32. The minimum atomic E-state index is -0.409. The molecule has 2 rings (SSSR count). The van der Waals surface area contributed by atoms with Crippen LogP contribution >= 0.6 is 27.5 Å². The molecule has 0 N–H and O–H groups in total. The van der Waals surface area contributed by atoms with Crippen LogP contribution in [0.15, 0.2) is 53.0 Å². The van der Waals surface area contributed by atoms with E-state index in [2.05, 4.69) is 15.9 Å². The summed E-state index contributed by atoms with van der Waals surface area (Å²) in [6.45, 7) is 0. The van der Waals surface area contributed by atoms with Gasteiger partial charge in [0.2, 0.25) is 0 Å². The van der Waals surface area contributed by atoms with Crippen molar-refractivity contribution >= 4 is 33.5 Å². The maximum Gasteiger partial charge on any atom is 0.343 e. The van der Waals surface area contributed by atoms with Crippen LogP contribution in [-0.4, -0.2) is 5.97 Å². The highest BCUT2D eigenvalue weighted by molar-refractivity contribution is 9.10. The number of carbonyl (C=O) groups is 1. The third-order valence-corrected chi connectivity index (χ3v) is 2.80. The molecule has 0 bridgehead atoms. The normalized spacial score (nSPS) is 10.0. The Balaban J connectivity index is 2.17. The molecule has 0 radical (unpaired) electrons. The van der Waals surface area contributed by atoms with Crippen LogP contribution in [0, 0.1) is 0 Å². The number of carbonyl (C=O) groups excluding carboxylic acids is 1. The summed E-state index contributed by atoms with van der Waals surface area (Å²) in [5.74, 6) is 0.0241. The van der Waals surface area contributed by atoms with Crippen LogP contribution in [0.5, 0.6) is 5.75 Å². The van der Waals surface area contributed by atoms with E-state index in [9.17, 15) is 4.79 Å². The summed E-state index contributed by atoms with van der Waals surface area (Å²) in [6, 6.07) is 13.7. The summed E-state index contributed by atoms with van der Waals surface area (Å²) >= 11 is 9.10. The SMILES string of the molecule is O=C(Oc1cccc(Cl)c1)c1cccc(Br)c1. The smallest absolute Gasteiger partial charge is 0.343 e. The Hall–Kier alpha value is -1.32. The van der Waals surface area contributed by atoms with Gasteiger partial charge in [-0.05, 0) is 36.4 Å². The van der Waals surface area contributed by atoms with Crippen molar-refractivity contribution in [1.29, 1.82) is 0 Å². The van der Waals surface area contributed by atoms with Crippen molar-refractivity contribution in [1.82, 2.24) is 0 Å². The van der Waals surface area contributed by atoms with E-state index >= 15 is 0 Å². The van der Waals surface area contributed by atoms with Gasteiger partial charge in [0.05, 0.1) is 5.56 Å². The van der Waals surface area contributed by atoms with Gasteiger partial charge in [-0.25, -0.2) is 4.79 Å². The Morgan fingerprint density at radius 2 is 1.88 bits per heavy atom. The van der Waals surface area contributed by atoms with Gasteiger partial charge in [0.15, 0.2) is 0 Å². The maximum atomic E-state index is 11.8. The van der Waals surface area contributed by atoms with Gasteiger partial charge in [-0.2, -0.15) is 0 Å². The van der Waals surface area contributed by atoms with Crippen LogP contribution < -0.4 is 4.74 Å². The molecule has 2 nitrogen and oxygen atoms in total. The number of hydrogen-bond donors (Lipinski definition) is 0. The highest BCUT2D eigenvalue weighted by Gasteiger charge is 2.08. The molecule has 2 aromatic rings. The van der Waals surface area contributed by atoms with Gasteiger partial charge in [-0.1, -0.05) is 39.7 Å². The zero-order valence-electron chi connectivity index (χ0n) is 8.69. The van der Waals surface area contributed by atoms with Crippen LogP contribution in [0.3, 0.4) is 0 Å². The predicted molar refractivity (Wildman–Crippen MR) is 70.6 cm³/mol. The molecule has 86 valence electrons. The molecule has 0 aliphatic rings. The van der Waals surface area contributed by atoms with Crippen molar-refractivity contribution in [3.8, 4) is 5.75 Å². The fourth-order valence-electron chi connectivity index (χ4n) is 1.31. The second-order valence-electron chi connectivity index (χ2n) is 3.36. The van der Waals surface area contributed by atoms with Crippen LogP contribution in [0.25, 0.3) is 0 Å². The number of benzene rings is 2. The van der Waals surface area contributed by atoms with Gasteiger partial charge >= 0.3 is 5.97 Å². The summed E-state index contributed by atoms with van der Waals surface area (Å²) < 4.78 is 6.02. The van der Waals surface area contributed by atoms with Crippen LogP contribution in [0.4, 0.5) is 0 Å². The molecule has 0 saturated heterocycles. The van der Waals surface area contributed by atoms with E-state index in [1.165, 1.54) is 0 Å². The van der Waals surface area contributed by atoms with Gasteiger partial charge in [0.25, 0.3) is 0 Å². The molecule has 0 saturated carbocycles. The average Bonchev–Trinajstić information content (AvgIpc) is 2.29. The fraction of sp³-hybridized carbons (Fsp3) is 0. The second-order valence-corrected chi connectivity index (χ2v) is 4.71. The van der Waals surface area contributed by atoms with Crippen LogP contribution in [0.1, 0.15) is 10.4 Å². The van der Waals surface area contributed by atoms with E-state index in [0.717, 1.165) is 4.47 Å². The van der Waals surface area contributed by atoms with Crippen LogP contribution in [-0.2, 0) is 0 Å². The average molecular weight is 312 g/mol. The molecule has 0 heterocycles. The summed E-state index contributed by atoms with van der Waals surface area (Å²) in [6.07, 6.45) is 0. The summed E-state index contributed by atoms with van der Waals surface area (Å²) in [4.78, 5) is 11.8. The largest absolute Gasteiger partial charge is 0.423 e. The molecule has 0 unspecified atom stereocenters. The van der Waals surface area contributed by atoms with E-state index < -0.39 is 5.97 Å². The van der Waals surface area contributed by atoms with Crippen molar-refractivity contribution in [3.05, 3.63) is 63.6 Å². The van der Waals surface area contributed by atoms with E-state index in [1.54, 1.807) is 42.5 Å². The van der Waals surface area contributed by atoms with Gasteiger partial charge in [0, 0.05) is 9.50 Å². The monoisotopic (exact) mass is 310 g/mol. The molecule has 0 atom stereocenters. The van der Waals surface area contributed by atoms with E-state index in [0.29, 0.717) is 16.3 Å². The molecular formula is C13H8BrClO2. The molecule has 0 fully saturated rings. The molecule has 0 amide bonds. The predicted octanol–water partition coefficient (Wildman–Crippen LogP) is 4.32. The first-order chi connectivity index (χ1) is 8.15. The standard InChI is InChI=1S/C13H8BrClO2/c14-10-4-1-3-9(7-10)13(16)17-12-6-2-5-11(15)8-12/h1-8H. The Kier molecular flexibility index (Phi) is 3.82. The van der Waals surface area contributed by atoms with Crippen LogP contribution in [0.2, 0.25) is 5.02 Å². The van der Waals surface area contributed by atoms with Crippen molar-refractivity contribution in [2.24, 2.45) is 0 Å². The second kappa shape index (κ2) is 5.34. The Morgan fingerprint density at radius 1 is 1.12 bits per heavy atom. The first kappa shape index (κ1) is 12.1. The third-order valence-electron chi connectivity index (χ3n) is 2.07. The van der Waals surface area contributed by atoms with Crippen molar-refractivity contribution in [2.45, 2.75) is 0 Å². The lowest BCUT2D eigenvalue weighted by Gasteiger charge is -2.04. The van der Waals surface area contributed by atoms with E-state index in [4.69, 9.17) is 16.3 Å². The molecule has 0 aliphatic heterocycles. The molecule has 0 aromatic heterocycles. The summed E-state index contributed by atoms with van der Waals surface area (Å²) in [5.41, 5.74) is 0.486. The minimum absolute atomic E-state index is 0.409. The Morgan fingerprint density at radius 3 is 2.59 bits per heavy atom. The number of hydrogen-bond acceptors (Lipinski definition) is 2. The molecule has 2 aromatic carbocycles. The Labute approximate surface area is 112 Å². The number of ether oxygens (including phenoxy) is 1. The lowest BCUT2D eigenvalue weighted by Crippen LogP contribution is -2.08. The highest BCUT2D eigenvalue weighted by atomic mass is 79.9. The highest BCUT2D eigenvalue weighted by Crippen LogP contribution is 2.19. The first-order valence-electron chi connectivity index (χ1n) is 4.88. The van der Waals surface area contributed by atoms with E-state index in [-0.39, 0.29) is 0 Å². The summed E-state index contributed by atoms with van der Waals surface area (Å²) in [7, 11) is 0. The molecule has 4 heteroatoms. The lowest BCUT2D eigenvalue weighted by atomic mass is 10.2. The van der Waals surface area contributed by atoms with E-state index in [1.807, 2.05) is 6.07 Å². The molecular weight excluding hydrogens is 303 g/mol. The summed E-state index contributed by atoms with van der Waals surface area (Å²) in [5, 5.41) is 0.532. The van der Waals surface area contributed by atoms with Gasteiger partial charge in [-0.3, -0.25) is 0 Å². The minimum Gasteiger partial charge on any atom is -0.423 e. The fourth-order valence-corrected chi connectivity index (χ4v) is 1.89. The first-order valence-corrected chi connectivity index (χ1v) is 6.05. The van der Waals surface area contributed by atoms with Gasteiger partial charge < -0.3 is 4.74 Å². The van der Waals surface area contributed by atoms with Gasteiger partial charge in [0.1, 0.15) is 5.75 Å². The maximum absolute atomic E-state index is 11.8. The number of halogens is 2. The molecule has 0 aliphatic carbocycles. The topological polar surface area (TPSA) is 26.3 Å². The molecule has 0 spiro atoms. The Bertz CT molecular complexity index is 555. The zero-order valence-corrected chi connectivity index (χ0v) is 11.0. The van der Waals surface area contributed by atoms with Gasteiger partial charge in [-0.15, -0.1) is 0 Å². The molecule has 17 heavy (non-hydrogen) atoms. The zero-order chi connectivity index (χ0) is 12.3. The van der Waals surface area contributed by atoms with Crippen molar-refractivity contribution in [2.75, 3.05) is 0 Å². The lowest BCUT2D eigenvalue weighted by molar-refractivity contribution is 0.0734. The van der Waals surface area contributed by atoms with Crippen molar-refractivity contribution < 1.29 is 9.53 Å². The van der Waals surface area contributed by atoms with Crippen molar-refractivity contribution in [3.63, 3.8) is 0 Å². The number of esters is 1.